The van der Waals surface area contributed by atoms with Gasteiger partial charge in [-0.2, -0.15) is 5.10 Å². The Kier molecular flexibility index (Phi) is 6.15. The third-order valence-corrected chi connectivity index (χ3v) is 5.53. The van der Waals surface area contributed by atoms with Gasteiger partial charge in [-0.3, -0.25) is 14.8 Å². The van der Waals surface area contributed by atoms with Crippen LogP contribution in [0.25, 0.3) is 0 Å². The molecule has 3 rings (SSSR count). The van der Waals surface area contributed by atoms with Crippen LogP contribution in [0.1, 0.15) is 17.7 Å². The third-order valence-electron chi connectivity index (χ3n) is 3.76. The van der Waals surface area contributed by atoms with Crippen LogP contribution in [0.4, 0.5) is 5.95 Å². The zero-order valence-corrected chi connectivity index (χ0v) is 17.5. The molecule has 0 saturated heterocycles. The van der Waals surface area contributed by atoms with Crippen molar-refractivity contribution in [3.63, 3.8) is 0 Å². The van der Waals surface area contributed by atoms with Gasteiger partial charge in [0.05, 0.1) is 22.9 Å². The monoisotopic (exact) mass is 504 g/mol. The fourth-order valence-electron chi connectivity index (χ4n) is 2.32. The SMILES string of the molecule is Cc1c(I)cnn1CCC(=O)Nc1ncn(Cc2c(Cl)cccc2Cl)n1. The summed E-state index contributed by atoms with van der Waals surface area (Å²) in [7, 11) is 0. The smallest absolute Gasteiger partial charge is 0.248 e. The van der Waals surface area contributed by atoms with E-state index in [2.05, 4.69) is 43.1 Å². The lowest BCUT2D eigenvalue weighted by atomic mass is 10.2. The topological polar surface area (TPSA) is 77.6 Å². The lowest BCUT2D eigenvalue weighted by molar-refractivity contribution is -0.116. The molecule has 1 N–H and O–H groups in total. The molecule has 0 aliphatic rings. The summed E-state index contributed by atoms with van der Waals surface area (Å²) in [5.74, 6) is 0.0633. The summed E-state index contributed by atoms with van der Waals surface area (Å²) in [6, 6.07) is 5.31. The maximum Gasteiger partial charge on any atom is 0.248 e. The van der Waals surface area contributed by atoms with Crippen molar-refractivity contribution in [2.24, 2.45) is 0 Å². The van der Waals surface area contributed by atoms with Crippen molar-refractivity contribution in [3.8, 4) is 0 Å². The van der Waals surface area contributed by atoms with E-state index in [9.17, 15) is 4.79 Å². The van der Waals surface area contributed by atoms with Crippen LogP contribution in [0.15, 0.2) is 30.7 Å². The molecular formula is C16H15Cl2IN6O. The normalized spacial score (nSPS) is 10.9. The van der Waals surface area contributed by atoms with Gasteiger partial charge in [0.2, 0.25) is 11.9 Å². The number of benzene rings is 1. The first kappa shape index (κ1) is 19.1. The number of aryl methyl sites for hydroxylation is 1. The number of halogens is 3. The number of nitrogens with zero attached hydrogens (tertiary/aromatic N) is 5. The van der Waals surface area contributed by atoms with Gasteiger partial charge in [-0.05, 0) is 41.6 Å². The molecule has 0 bridgehead atoms. The summed E-state index contributed by atoms with van der Waals surface area (Å²) in [4.78, 5) is 16.2. The molecule has 0 unspecified atom stereocenters. The van der Waals surface area contributed by atoms with Gasteiger partial charge in [-0.25, -0.2) is 9.67 Å². The van der Waals surface area contributed by atoms with E-state index in [1.54, 1.807) is 33.8 Å². The number of amides is 1. The zero-order chi connectivity index (χ0) is 18.7. The Balaban J connectivity index is 1.58. The lowest BCUT2D eigenvalue weighted by Gasteiger charge is -2.06. The second kappa shape index (κ2) is 8.36. The number of hydrogen-bond donors (Lipinski definition) is 1. The Hall–Kier alpha value is -1.65. The maximum absolute atomic E-state index is 12.1. The van der Waals surface area contributed by atoms with Crippen molar-refractivity contribution >= 4 is 57.6 Å². The van der Waals surface area contributed by atoms with Gasteiger partial charge in [-0.1, -0.05) is 29.3 Å². The second-order valence-corrected chi connectivity index (χ2v) is 7.54. The van der Waals surface area contributed by atoms with Crippen molar-refractivity contribution in [2.45, 2.75) is 26.4 Å². The van der Waals surface area contributed by atoms with Crippen molar-refractivity contribution in [1.29, 1.82) is 0 Å². The van der Waals surface area contributed by atoms with Crippen LogP contribution in [-0.2, 0) is 17.9 Å². The molecule has 10 heteroatoms. The Morgan fingerprint density at radius 2 is 2.04 bits per heavy atom. The number of anilines is 1. The van der Waals surface area contributed by atoms with E-state index in [1.165, 1.54) is 6.33 Å². The van der Waals surface area contributed by atoms with Gasteiger partial charge in [0.25, 0.3) is 0 Å². The number of carbonyl (C=O) groups excluding carboxylic acids is 1. The molecule has 136 valence electrons. The minimum atomic E-state index is -0.177. The lowest BCUT2D eigenvalue weighted by Crippen LogP contribution is -2.16. The molecule has 0 aliphatic heterocycles. The summed E-state index contributed by atoms with van der Waals surface area (Å²) in [5.41, 5.74) is 1.79. The van der Waals surface area contributed by atoms with Crippen LogP contribution in [0, 0.1) is 10.5 Å². The largest absolute Gasteiger partial charge is 0.293 e. The molecule has 2 heterocycles. The Morgan fingerprint density at radius 1 is 1.31 bits per heavy atom. The van der Waals surface area contributed by atoms with Gasteiger partial charge < -0.3 is 0 Å². The fourth-order valence-corrected chi connectivity index (χ4v) is 3.24. The van der Waals surface area contributed by atoms with Crippen molar-refractivity contribution in [2.75, 3.05) is 5.32 Å². The van der Waals surface area contributed by atoms with Crippen LogP contribution in [0.5, 0.6) is 0 Å². The predicted octanol–water partition coefficient (Wildman–Crippen LogP) is 3.77. The summed E-state index contributed by atoms with van der Waals surface area (Å²) in [6.07, 6.45) is 3.58. The molecule has 0 aliphatic carbocycles. The van der Waals surface area contributed by atoms with Gasteiger partial charge >= 0.3 is 0 Å². The third kappa shape index (κ3) is 4.54. The molecule has 3 aromatic rings. The highest BCUT2D eigenvalue weighted by Gasteiger charge is 2.11. The standard InChI is InChI=1S/C16H15Cl2IN6O/c1-10-14(19)7-21-25(10)6-5-15(26)22-16-20-9-24(23-16)8-11-12(17)3-2-4-13(11)18/h2-4,7,9H,5-6,8H2,1H3,(H,22,23,26). The van der Waals surface area contributed by atoms with Crippen LogP contribution in [0.3, 0.4) is 0 Å². The molecule has 2 aromatic heterocycles. The van der Waals surface area contributed by atoms with E-state index < -0.39 is 0 Å². The fraction of sp³-hybridized carbons (Fsp3) is 0.250. The van der Waals surface area contributed by atoms with Crippen molar-refractivity contribution in [1.82, 2.24) is 24.5 Å². The molecule has 1 aromatic carbocycles. The number of nitrogens with one attached hydrogen (secondary N) is 1. The van der Waals surface area contributed by atoms with Crippen molar-refractivity contribution < 1.29 is 4.79 Å². The Bertz CT molecular complexity index is 918. The molecule has 0 fully saturated rings. The van der Waals surface area contributed by atoms with Crippen LogP contribution in [-0.4, -0.2) is 30.5 Å². The minimum absolute atomic E-state index is 0.177. The van der Waals surface area contributed by atoms with Gasteiger partial charge in [-0.15, -0.1) is 5.10 Å². The van der Waals surface area contributed by atoms with Gasteiger partial charge in [0, 0.05) is 27.7 Å². The van der Waals surface area contributed by atoms with E-state index in [1.807, 2.05) is 6.92 Å². The van der Waals surface area contributed by atoms with Crippen LogP contribution < -0.4 is 5.32 Å². The van der Waals surface area contributed by atoms with E-state index >= 15 is 0 Å². The minimum Gasteiger partial charge on any atom is -0.293 e. The molecule has 0 radical (unpaired) electrons. The van der Waals surface area contributed by atoms with Gasteiger partial charge in [0.1, 0.15) is 6.33 Å². The quantitative estimate of drug-likeness (QED) is 0.518. The molecule has 0 atom stereocenters. The second-order valence-electron chi connectivity index (χ2n) is 5.57. The predicted molar refractivity (Wildman–Crippen MR) is 109 cm³/mol. The highest BCUT2D eigenvalue weighted by atomic mass is 127. The summed E-state index contributed by atoms with van der Waals surface area (Å²) in [6.45, 7) is 2.83. The molecule has 7 nitrogen and oxygen atoms in total. The van der Waals surface area contributed by atoms with Crippen LogP contribution in [0.2, 0.25) is 10.0 Å². The first-order valence-electron chi connectivity index (χ1n) is 7.74. The van der Waals surface area contributed by atoms with E-state index in [-0.39, 0.29) is 18.3 Å². The number of rotatable bonds is 6. The first-order chi connectivity index (χ1) is 12.4. The number of hydrogen-bond acceptors (Lipinski definition) is 4. The average Bonchev–Trinajstić information content (AvgIpc) is 3.17. The van der Waals surface area contributed by atoms with Crippen LogP contribution >= 0.6 is 45.8 Å². The van der Waals surface area contributed by atoms with E-state index in [0.717, 1.165) is 14.8 Å². The molecule has 26 heavy (non-hydrogen) atoms. The summed E-state index contributed by atoms with van der Waals surface area (Å²) >= 11 is 14.5. The van der Waals surface area contributed by atoms with Crippen molar-refractivity contribution in [3.05, 3.63) is 55.6 Å². The van der Waals surface area contributed by atoms with E-state index in [4.69, 9.17) is 23.2 Å². The van der Waals surface area contributed by atoms with E-state index in [0.29, 0.717) is 23.1 Å². The maximum atomic E-state index is 12.1. The van der Waals surface area contributed by atoms with Gasteiger partial charge in [0.15, 0.2) is 0 Å². The highest BCUT2D eigenvalue weighted by Crippen LogP contribution is 2.24. The Labute approximate surface area is 173 Å². The molecule has 0 saturated carbocycles. The Morgan fingerprint density at radius 3 is 2.69 bits per heavy atom. The zero-order valence-electron chi connectivity index (χ0n) is 13.8. The molecular weight excluding hydrogens is 490 g/mol. The summed E-state index contributed by atoms with van der Waals surface area (Å²) in [5, 5.41) is 12.3. The number of carbonyl (C=O) groups is 1. The number of aromatic nitrogens is 5. The molecule has 0 spiro atoms. The summed E-state index contributed by atoms with van der Waals surface area (Å²) < 4.78 is 4.44. The highest BCUT2D eigenvalue weighted by molar-refractivity contribution is 14.1. The first-order valence-corrected chi connectivity index (χ1v) is 9.57. The average molecular weight is 505 g/mol. The molecule has 1 amide bonds.